The Bertz CT molecular complexity index is 477. The molecule has 1 aliphatic rings. The number of hydrogen-bond acceptors (Lipinski definition) is 4. The van der Waals surface area contributed by atoms with Gasteiger partial charge in [-0.1, -0.05) is 19.3 Å². The maximum Gasteiger partial charge on any atom is 0.268 e. The minimum atomic E-state index is -0.0211. The molecule has 1 N–H and O–H groups in total. The van der Waals surface area contributed by atoms with Crippen molar-refractivity contribution in [3.8, 4) is 0 Å². The van der Waals surface area contributed by atoms with Gasteiger partial charge in [-0.25, -0.2) is 4.68 Å². The largest absolute Gasteiger partial charge is 0.376 e. The summed E-state index contributed by atoms with van der Waals surface area (Å²) in [6.45, 7) is 0.660. The summed E-state index contributed by atoms with van der Waals surface area (Å²) >= 11 is 0. The second-order valence-electron chi connectivity index (χ2n) is 5.92. The summed E-state index contributed by atoms with van der Waals surface area (Å²) in [4.78, 5) is 14.0. The van der Waals surface area contributed by atoms with Crippen LogP contribution in [-0.4, -0.2) is 37.0 Å². The highest BCUT2D eigenvalue weighted by atomic mass is 16.1. The highest BCUT2D eigenvalue weighted by molar-refractivity contribution is 5.40. The van der Waals surface area contributed by atoms with E-state index in [0.717, 1.165) is 5.69 Å². The molecule has 1 heterocycles. The Hall–Kier alpha value is -1.36. The summed E-state index contributed by atoms with van der Waals surface area (Å²) in [5.74, 6) is 0.663. The Labute approximate surface area is 121 Å². The summed E-state index contributed by atoms with van der Waals surface area (Å²) in [6.07, 6.45) is 8.25. The molecule has 1 unspecified atom stereocenters. The molecule has 0 radical (unpaired) electrons. The molecular weight excluding hydrogens is 252 g/mol. The van der Waals surface area contributed by atoms with Crippen molar-refractivity contribution in [2.75, 3.05) is 26.0 Å². The average Bonchev–Trinajstić information content (AvgIpc) is 2.46. The monoisotopic (exact) mass is 278 g/mol. The molecule has 20 heavy (non-hydrogen) atoms. The molecule has 2 rings (SSSR count). The van der Waals surface area contributed by atoms with Crippen LogP contribution in [0.15, 0.2) is 17.1 Å². The standard InChI is InChI=1S/C15H26N4O/c1-16-14(12-7-5-4-6-8-12)11-19-15(20)9-13(10-17-19)18(2)3/h9-10,12,14,16H,4-8,11H2,1-3H3. The Morgan fingerprint density at radius 2 is 2.10 bits per heavy atom. The molecule has 1 atom stereocenters. The average molecular weight is 278 g/mol. The van der Waals surface area contributed by atoms with Crippen molar-refractivity contribution in [3.05, 3.63) is 22.6 Å². The van der Waals surface area contributed by atoms with E-state index < -0.39 is 0 Å². The normalized spacial score (nSPS) is 17.9. The van der Waals surface area contributed by atoms with Gasteiger partial charge in [-0.15, -0.1) is 0 Å². The third-order valence-corrected chi connectivity index (χ3v) is 4.33. The summed E-state index contributed by atoms with van der Waals surface area (Å²) < 4.78 is 1.59. The molecule has 5 heteroatoms. The van der Waals surface area contributed by atoms with Crippen LogP contribution in [0, 0.1) is 5.92 Å². The zero-order valence-electron chi connectivity index (χ0n) is 12.8. The molecule has 5 nitrogen and oxygen atoms in total. The highest BCUT2D eigenvalue weighted by Gasteiger charge is 2.23. The van der Waals surface area contributed by atoms with Crippen molar-refractivity contribution in [2.45, 2.75) is 44.7 Å². The van der Waals surface area contributed by atoms with Crippen molar-refractivity contribution < 1.29 is 0 Å². The van der Waals surface area contributed by atoms with E-state index in [1.165, 1.54) is 32.1 Å². The number of nitrogens with one attached hydrogen (secondary N) is 1. The van der Waals surface area contributed by atoms with Crippen molar-refractivity contribution in [2.24, 2.45) is 5.92 Å². The Balaban J connectivity index is 2.09. The van der Waals surface area contributed by atoms with Crippen molar-refractivity contribution in [1.82, 2.24) is 15.1 Å². The van der Waals surface area contributed by atoms with E-state index >= 15 is 0 Å². The molecular formula is C15H26N4O. The molecule has 0 bridgehead atoms. The summed E-state index contributed by atoms with van der Waals surface area (Å²) in [7, 11) is 5.82. The maximum absolute atomic E-state index is 12.1. The third-order valence-electron chi connectivity index (χ3n) is 4.33. The van der Waals surface area contributed by atoms with E-state index in [-0.39, 0.29) is 5.56 Å². The van der Waals surface area contributed by atoms with E-state index in [9.17, 15) is 4.79 Å². The lowest BCUT2D eigenvalue weighted by molar-refractivity contribution is 0.249. The number of aromatic nitrogens is 2. The minimum Gasteiger partial charge on any atom is -0.376 e. The molecule has 1 aromatic rings. The minimum absolute atomic E-state index is 0.0211. The fourth-order valence-electron chi connectivity index (χ4n) is 3.00. The quantitative estimate of drug-likeness (QED) is 0.886. The van der Waals surface area contributed by atoms with Crippen molar-refractivity contribution >= 4 is 5.69 Å². The van der Waals surface area contributed by atoms with Gasteiger partial charge in [0.15, 0.2) is 0 Å². The molecule has 0 aliphatic heterocycles. The summed E-state index contributed by atoms with van der Waals surface area (Å²) in [6, 6.07) is 1.99. The Morgan fingerprint density at radius 1 is 1.40 bits per heavy atom. The fraction of sp³-hybridized carbons (Fsp3) is 0.733. The van der Waals surface area contributed by atoms with Crippen LogP contribution in [0.3, 0.4) is 0 Å². The second kappa shape index (κ2) is 6.88. The van der Waals surface area contributed by atoms with Gasteiger partial charge in [0.1, 0.15) is 0 Å². The van der Waals surface area contributed by atoms with Crippen LogP contribution >= 0.6 is 0 Å². The van der Waals surface area contributed by atoms with Crippen molar-refractivity contribution in [3.63, 3.8) is 0 Å². The zero-order valence-corrected chi connectivity index (χ0v) is 12.8. The van der Waals surface area contributed by atoms with Crippen LogP contribution in [0.1, 0.15) is 32.1 Å². The number of rotatable bonds is 5. The Morgan fingerprint density at radius 3 is 2.65 bits per heavy atom. The smallest absolute Gasteiger partial charge is 0.268 e. The molecule has 0 amide bonds. The van der Waals surface area contributed by atoms with Crippen LogP contribution in [-0.2, 0) is 6.54 Å². The summed E-state index contributed by atoms with van der Waals surface area (Å²) in [5.41, 5.74) is 0.831. The van der Waals surface area contributed by atoms with Crippen molar-refractivity contribution in [1.29, 1.82) is 0 Å². The first-order valence-corrected chi connectivity index (χ1v) is 7.53. The Kier molecular flexibility index (Phi) is 5.17. The molecule has 0 saturated heterocycles. The molecule has 1 fully saturated rings. The van der Waals surface area contributed by atoms with Gasteiger partial charge in [0.25, 0.3) is 5.56 Å². The molecule has 112 valence electrons. The number of hydrogen-bond donors (Lipinski definition) is 1. The van der Waals surface area contributed by atoms with E-state index in [4.69, 9.17) is 0 Å². The topological polar surface area (TPSA) is 50.2 Å². The van der Waals surface area contributed by atoms with Crippen LogP contribution in [0.25, 0.3) is 0 Å². The lowest BCUT2D eigenvalue weighted by atomic mass is 9.84. The maximum atomic E-state index is 12.1. The molecule has 0 spiro atoms. The third kappa shape index (κ3) is 3.60. The van der Waals surface area contributed by atoms with Gasteiger partial charge in [-0.3, -0.25) is 4.79 Å². The van der Waals surface area contributed by atoms with Crippen LogP contribution in [0.2, 0.25) is 0 Å². The van der Waals surface area contributed by atoms with Gasteiger partial charge in [0, 0.05) is 26.2 Å². The SMILES string of the molecule is CNC(Cn1ncc(N(C)C)cc1=O)C1CCCCC1. The number of anilines is 1. The number of nitrogens with zero attached hydrogens (tertiary/aromatic N) is 3. The molecule has 1 saturated carbocycles. The fourth-order valence-corrected chi connectivity index (χ4v) is 3.00. The van der Waals surface area contributed by atoms with Gasteiger partial charge >= 0.3 is 0 Å². The van der Waals surface area contributed by atoms with Gasteiger partial charge in [-0.2, -0.15) is 5.10 Å². The van der Waals surface area contributed by atoms with Gasteiger partial charge in [-0.05, 0) is 25.8 Å². The van der Waals surface area contributed by atoms with Crippen LogP contribution < -0.4 is 15.8 Å². The molecule has 1 aliphatic carbocycles. The van der Waals surface area contributed by atoms with Crippen LogP contribution in [0.4, 0.5) is 5.69 Å². The zero-order chi connectivity index (χ0) is 14.5. The first kappa shape index (κ1) is 15.0. The van der Waals surface area contributed by atoms with E-state index in [2.05, 4.69) is 10.4 Å². The summed E-state index contributed by atoms with van der Waals surface area (Å²) in [5, 5.41) is 7.68. The van der Waals surface area contributed by atoms with Gasteiger partial charge in [0.2, 0.25) is 0 Å². The first-order chi connectivity index (χ1) is 9.61. The van der Waals surface area contributed by atoms with Crippen LogP contribution in [0.5, 0.6) is 0 Å². The number of likely N-dealkylation sites (N-methyl/N-ethyl adjacent to an activating group) is 1. The van der Waals surface area contributed by atoms with E-state index in [1.807, 2.05) is 26.0 Å². The van der Waals surface area contributed by atoms with Gasteiger partial charge < -0.3 is 10.2 Å². The predicted molar refractivity (Wildman–Crippen MR) is 82.2 cm³/mol. The van der Waals surface area contributed by atoms with E-state index in [1.54, 1.807) is 16.9 Å². The lowest BCUT2D eigenvalue weighted by Gasteiger charge is -2.30. The predicted octanol–water partition coefficient (Wildman–Crippen LogP) is 1.48. The lowest BCUT2D eigenvalue weighted by Crippen LogP contribution is -2.41. The first-order valence-electron chi connectivity index (χ1n) is 7.53. The molecule has 0 aromatic carbocycles. The van der Waals surface area contributed by atoms with Gasteiger partial charge in [0.05, 0.1) is 18.4 Å². The van der Waals surface area contributed by atoms with E-state index in [0.29, 0.717) is 18.5 Å². The molecule has 1 aromatic heterocycles. The highest BCUT2D eigenvalue weighted by Crippen LogP contribution is 2.26. The second-order valence-corrected chi connectivity index (χ2v) is 5.92.